The number of carbonyl (C=O) groups is 1. The molecule has 4 rings (SSSR count). The van der Waals surface area contributed by atoms with Gasteiger partial charge in [-0.3, -0.25) is 19.2 Å². The number of para-hydroxylation sites is 1. The number of quaternary nitrogens is 1. The third-order valence-electron chi connectivity index (χ3n) is 6.49. The fraction of sp³-hybridized carbons (Fsp3) is 0.375. The maximum atomic E-state index is 11.3. The normalized spacial score (nSPS) is 18.8. The molecule has 1 aliphatic heterocycles. The minimum atomic E-state index is -0.963. The summed E-state index contributed by atoms with van der Waals surface area (Å²) in [6.45, 7) is 6.86. The topological polar surface area (TPSA) is 88.7 Å². The van der Waals surface area contributed by atoms with Crippen LogP contribution in [0, 0.1) is 23.4 Å². The summed E-state index contributed by atoms with van der Waals surface area (Å²) in [6.07, 6.45) is 2.09. The number of anilines is 1. The number of rotatable bonds is 10. The molecule has 0 amide bonds. The maximum Gasteiger partial charge on any atom is 1.00 e. The van der Waals surface area contributed by atoms with E-state index < -0.39 is 5.97 Å². The summed E-state index contributed by atoms with van der Waals surface area (Å²) in [5.41, 5.74) is 5.65. The minimum absolute atomic E-state index is 0. The van der Waals surface area contributed by atoms with Crippen molar-refractivity contribution >= 4 is 41.8 Å². The van der Waals surface area contributed by atoms with E-state index in [9.17, 15) is 9.90 Å². The van der Waals surface area contributed by atoms with E-state index in [1.807, 2.05) is 24.3 Å². The van der Waals surface area contributed by atoms with Gasteiger partial charge in [-0.2, -0.15) is 0 Å². The standard InChI is InChI=1S/C24H29N5O2S2.K/c1-16-7-5-8-17(2)22(16)29(15-20(29)14-21(30)31)12-4-3-11-25-18-9-6-10-19(13-18)28-23(32)26-27-24(28)33;/h5-10,13,20,25H,3-4,11-12,14-15H2,1-2H3,(H2-,26,27,30,31,32,33);/q;+1. The van der Waals surface area contributed by atoms with Crippen LogP contribution in [0.2, 0.25) is 0 Å². The van der Waals surface area contributed by atoms with Crippen LogP contribution in [0.1, 0.15) is 30.4 Å². The molecule has 0 radical (unpaired) electrons. The zero-order valence-electron chi connectivity index (χ0n) is 19.9. The zero-order chi connectivity index (χ0) is 23.6. The third kappa shape index (κ3) is 5.99. The van der Waals surface area contributed by atoms with Crippen molar-refractivity contribution in [3.63, 3.8) is 0 Å². The molecule has 10 heteroatoms. The van der Waals surface area contributed by atoms with Gasteiger partial charge in [-0.25, -0.2) is 0 Å². The summed E-state index contributed by atoms with van der Waals surface area (Å²) >= 11 is 10.6. The fourth-order valence-corrected chi connectivity index (χ4v) is 5.53. The first kappa shape index (κ1) is 27.5. The van der Waals surface area contributed by atoms with Crippen LogP contribution >= 0.6 is 24.4 Å². The Balaban J connectivity index is 0.00000324. The van der Waals surface area contributed by atoms with E-state index in [2.05, 4.69) is 47.6 Å². The Morgan fingerprint density at radius 2 is 1.76 bits per heavy atom. The number of hydrogen-bond acceptors (Lipinski definition) is 5. The average molecular weight is 523 g/mol. The van der Waals surface area contributed by atoms with Crippen molar-refractivity contribution in [2.45, 2.75) is 39.2 Å². The Morgan fingerprint density at radius 1 is 1.12 bits per heavy atom. The molecule has 2 unspecified atom stereocenters. The Morgan fingerprint density at radius 3 is 2.41 bits per heavy atom. The number of nitrogens with zero attached hydrogens (tertiary/aromatic N) is 2. The first-order valence-corrected chi connectivity index (χ1v) is 12.0. The van der Waals surface area contributed by atoms with Crippen LogP contribution in [-0.2, 0) is 4.79 Å². The summed E-state index contributed by atoms with van der Waals surface area (Å²) in [5, 5.41) is 20.5. The molecule has 0 saturated carbocycles. The van der Waals surface area contributed by atoms with Crippen molar-refractivity contribution < 1.29 is 61.3 Å². The van der Waals surface area contributed by atoms with E-state index in [4.69, 9.17) is 24.4 Å². The molecule has 1 aliphatic rings. The summed E-state index contributed by atoms with van der Waals surface area (Å²) in [5.74, 6) is -0.963. The number of aliphatic carboxylic acids is 1. The third-order valence-corrected chi connectivity index (χ3v) is 7.06. The molecular formula is C24H29KN5O2S2+. The van der Waals surface area contributed by atoms with E-state index in [1.54, 1.807) is 4.57 Å². The molecule has 0 aliphatic carbocycles. The van der Waals surface area contributed by atoms with Crippen LogP contribution in [-0.4, -0.2) is 46.4 Å². The van der Waals surface area contributed by atoms with Crippen LogP contribution in [0.3, 0.4) is 0 Å². The predicted molar refractivity (Wildman–Crippen MR) is 135 cm³/mol. The van der Waals surface area contributed by atoms with Crippen molar-refractivity contribution in [3.05, 3.63) is 63.1 Å². The molecule has 34 heavy (non-hydrogen) atoms. The number of carboxylic acid groups (broad SMARTS) is 1. The number of nitrogens with one attached hydrogen (secondary N) is 3. The van der Waals surface area contributed by atoms with Gasteiger partial charge in [-0.1, -0.05) is 24.3 Å². The Hall–Kier alpha value is -1.11. The van der Waals surface area contributed by atoms with Gasteiger partial charge in [-0.15, -0.1) is 0 Å². The van der Waals surface area contributed by atoms with Gasteiger partial charge in [0.05, 0.1) is 12.2 Å². The number of aryl methyl sites for hydroxylation is 2. The fourth-order valence-electron chi connectivity index (χ4n) is 4.98. The number of carboxylic acids is 1. The number of aromatic nitrogens is 3. The second kappa shape index (κ2) is 11.7. The van der Waals surface area contributed by atoms with Gasteiger partial charge in [-0.05, 0) is 69.3 Å². The van der Waals surface area contributed by atoms with Crippen LogP contribution in [0.15, 0.2) is 42.5 Å². The molecular weight excluding hydrogens is 494 g/mol. The molecule has 1 aromatic heterocycles. The molecule has 0 bridgehead atoms. The molecule has 3 aromatic rings. The number of H-pyrrole nitrogens is 2. The van der Waals surface area contributed by atoms with Crippen molar-refractivity contribution in [1.82, 2.24) is 19.2 Å². The van der Waals surface area contributed by atoms with Gasteiger partial charge in [0.2, 0.25) is 0 Å². The maximum absolute atomic E-state index is 11.3. The first-order chi connectivity index (χ1) is 15.8. The van der Waals surface area contributed by atoms with E-state index in [-0.39, 0.29) is 63.8 Å². The summed E-state index contributed by atoms with van der Waals surface area (Å²) in [4.78, 5) is 11.3. The molecule has 0 spiro atoms. The van der Waals surface area contributed by atoms with Crippen LogP contribution in [0.5, 0.6) is 0 Å². The summed E-state index contributed by atoms with van der Waals surface area (Å²) < 4.78 is 3.60. The first-order valence-electron chi connectivity index (χ1n) is 11.2. The minimum Gasteiger partial charge on any atom is -0.550 e. The van der Waals surface area contributed by atoms with E-state index in [0.29, 0.717) is 9.54 Å². The van der Waals surface area contributed by atoms with Crippen molar-refractivity contribution in [2.75, 3.05) is 25.0 Å². The summed E-state index contributed by atoms with van der Waals surface area (Å²) in [6, 6.07) is 14.4. The molecule has 2 aromatic carbocycles. The van der Waals surface area contributed by atoms with Gasteiger partial charge < -0.3 is 15.2 Å². The van der Waals surface area contributed by atoms with Crippen molar-refractivity contribution in [3.8, 4) is 5.69 Å². The monoisotopic (exact) mass is 522 g/mol. The van der Waals surface area contributed by atoms with E-state index >= 15 is 0 Å². The molecule has 7 nitrogen and oxygen atoms in total. The number of unbranched alkanes of at least 4 members (excludes halogenated alkanes) is 1. The molecule has 1 saturated heterocycles. The van der Waals surface area contributed by atoms with Gasteiger partial charge >= 0.3 is 51.4 Å². The van der Waals surface area contributed by atoms with Crippen molar-refractivity contribution in [2.24, 2.45) is 0 Å². The second-order valence-electron chi connectivity index (χ2n) is 8.79. The van der Waals surface area contributed by atoms with E-state index in [0.717, 1.165) is 48.3 Å². The predicted octanol–water partition coefficient (Wildman–Crippen LogP) is 0.935. The number of hydrogen-bond donors (Lipinski definition) is 3. The molecule has 174 valence electrons. The number of aromatic amines is 2. The van der Waals surface area contributed by atoms with Gasteiger partial charge in [0.1, 0.15) is 18.3 Å². The number of benzene rings is 2. The smallest absolute Gasteiger partial charge is 0.550 e. The molecule has 2 heterocycles. The Bertz CT molecular complexity index is 1240. The Kier molecular flexibility index (Phi) is 9.49. The average Bonchev–Trinajstić information content (AvgIpc) is 3.32. The van der Waals surface area contributed by atoms with Crippen molar-refractivity contribution in [1.29, 1.82) is 0 Å². The zero-order valence-corrected chi connectivity index (χ0v) is 24.6. The van der Waals surface area contributed by atoms with Crippen LogP contribution in [0.25, 0.3) is 5.69 Å². The Labute approximate surface area is 252 Å². The van der Waals surface area contributed by atoms with E-state index in [1.165, 1.54) is 16.8 Å². The van der Waals surface area contributed by atoms with Gasteiger partial charge in [0.15, 0.2) is 9.54 Å². The van der Waals surface area contributed by atoms with Gasteiger partial charge in [0.25, 0.3) is 0 Å². The number of carbonyl (C=O) groups excluding carboxylic acids is 1. The SMILES string of the molecule is Cc1cccc(C)c1[N+]1(CCCCNc2cccc(-n3c(=S)[nH][nH]c3=S)c2)CC1CC(=O)[O-].[K+]. The molecule has 1 fully saturated rings. The van der Waals surface area contributed by atoms with Gasteiger partial charge in [0, 0.05) is 35.7 Å². The second-order valence-corrected chi connectivity index (χ2v) is 9.56. The largest absolute Gasteiger partial charge is 1.00 e. The van der Waals surface area contributed by atoms with Crippen LogP contribution < -0.4 is 66.3 Å². The molecule has 3 N–H and O–H groups in total. The molecule has 2 atom stereocenters. The quantitative estimate of drug-likeness (QED) is 0.121. The summed E-state index contributed by atoms with van der Waals surface area (Å²) in [7, 11) is 0. The van der Waals surface area contributed by atoms with Crippen LogP contribution in [0.4, 0.5) is 11.4 Å².